The van der Waals surface area contributed by atoms with Crippen LogP contribution in [0.15, 0.2) is 0 Å². The molecule has 0 bridgehead atoms. The topological polar surface area (TPSA) is 135 Å². The van der Waals surface area contributed by atoms with Crippen LogP contribution in [-0.2, 0) is 23.8 Å². The highest BCUT2D eigenvalue weighted by molar-refractivity contribution is 5.73. The van der Waals surface area contributed by atoms with Gasteiger partial charge in [-0.3, -0.25) is 9.59 Å². The first-order valence-electron chi connectivity index (χ1n) is 9.48. The van der Waals surface area contributed by atoms with Gasteiger partial charge in [-0.1, -0.05) is 25.7 Å². The number of hydrogen-bond acceptors (Lipinski definition) is 8. The molecule has 0 spiro atoms. The van der Waals surface area contributed by atoms with Crippen molar-refractivity contribution in [3.63, 3.8) is 0 Å². The predicted molar refractivity (Wildman–Crippen MR) is 95.7 cm³/mol. The molecule has 0 aromatic rings. The summed E-state index contributed by atoms with van der Waals surface area (Å²) in [5.74, 6) is -0.559. The SMILES string of the molecule is COC(=O)CCCCCCCCO[C@H]1O[C@H](CO)[C@H](O)[C@H](O)[C@H]1NC(C)=O. The molecule has 9 nitrogen and oxygen atoms in total. The second-order valence-corrected chi connectivity index (χ2v) is 6.75. The number of carbonyl (C=O) groups is 2. The van der Waals surface area contributed by atoms with E-state index < -0.39 is 37.3 Å². The van der Waals surface area contributed by atoms with Gasteiger partial charge in [0.2, 0.25) is 5.91 Å². The predicted octanol–water partition coefficient (Wildman–Crippen LogP) is -0.150. The van der Waals surface area contributed by atoms with Crippen molar-refractivity contribution in [3.8, 4) is 0 Å². The zero-order valence-corrected chi connectivity index (χ0v) is 16.1. The van der Waals surface area contributed by atoms with Crippen LogP contribution in [0.3, 0.4) is 0 Å². The fraction of sp³-hybridized carbons (Fsp3) is 0.889. The molecule has 9 heteroatoms. The van der Waals surface area contributed by atoms with Crippen molar-refractivity contribution in [2.45, 2.75) is 82.5 Å². The molecule has 0 aliphatic carbocycles. The Balaban J connectivity index is 2.27. The third-order valence-electron chi connectivity index (χ3n) is 4.54. The molecule has 1 aliphatic rings. The van der Waals surface area contributed by atoms with Crippen LogP contribution in [0.5, 0.6) is 0 Å². The summed E-state index contributed by atoms with van der Waals surface area (Å²) in [5, 5.41) is 31.9. The molecular weight excluding hydrogens is 358 g/mol. The van der Waals surface area contributed by atoms with E-state index in [2.05, 4.69) is 10.1 Å². The number of hydrogen-bond donors (Lipinski definition) is 4. The number of amides is 1. The van der Waals surface area contributed by atoms with E-state index in [1.54, 1.807) is 0 Å². The Morgan fingerprint density at radius 2 is 1.67 bits per heavy atom. The average molecular weight is 391 g/mol. The molecule has 1 amide bonds. The minimum atomic E-state index is -1.31. The van der Waals surface area contributed by atoms with Crippen LogP contribution in [0.4, 0.5) is 0 Å². The van der Waals surface area contributed by atoms with Gasteiger partial charge in [-0.2, -0.15) is 0 Å². The third-order valence-corrected chi connectivity index (χ3v) is 4.54. The molecule has 1 rings (SSSR count). The van der Waals surface area contributed by atoms with Crippen molar-refractivity contribution in [1.29, 1.82) is 0 Å². The highest BCUT2D eigenvalue weighted by atomic mass is 16.7. The first kappa shape index (κ1) is 23.8. The van der Waals surface area contributed by atoms with Gasteiger partial charge in [-0.15, -0.1) is 0 Å². The third kappa shape index (κ3) is 8.52. The first-order chi connectivity index (χ1) is 12.9. The van der Waals surface area contributed by atoms with E-state index in [0.29, 0.717) is 13.0 Å². The van der Waals surface area contributed by atoms with Crippen molar-refractivity contribution in [3.05, 3.63) is 0 Å². The minimum Gasteiger partial charge on any atom is -0.469 e. The van der Waals surface area contributed by atoms with Crippen LogP contribution in [0.25, 0.3) is 0 Å². The number of aliphatic hydroxyl groups excluding tert-OH is 3. The van der Waals surface area contributed by atoms with E-state index in [9.17, 15) is 24.9 Å². The second kappa shape index (κ2) is 13.0. The lowest BCUT2D eigenvalue weighted by Crippen LogP contribution is -2.64. The number of esters is 1. The monoisotopic (exact) mass is 391 g/mol. The van der Waals surface area contributed by atoms with E-state index in [1.165, 1.54) is 14.0 Å². The maximum atomic E-state index is 11.3. The normalized spacial score (nSPS) is 28.0. The first-order valence-corrected chi connectivity index (χ1v) is 9.48. The lowest BCUT2D eigenvalue weighted by Gasteiger charge is -2.42. The summed E-state index contributed by atoms with van der Waals surface area (Å²) in [4.78, 5) is 22.3. The van der Waals surface area contributed by atoms with Gasteiger partial charge in [0.05, 0.1) is 13.7 Å². The van der Waals surface area contributed by atoms with Gasteiger partial charge in [0.15, 0.2) is 6.29 Å². The fourth-order valence-electron chi connectivity index (χ4n) is 2.99. The molecule has 4 N–H and O–H groups in total. The van der Waals surface area contributed by atoms with Gasteiger partial charge in [-0.25, -0.2) is 0 Å². The van der Waals surface area contributed by atoms with Crippen molar-refractivity contribution in [2.75, 3.05) is 20.3 Å². The molecular formula is C18H33NO8. The standard InChI is InChI=1S/C18H33NO8/c1-12(21)19-15-17(24)16(23)13(11-20)27-18(15)26-10-8-6-4-3-5-7-9-14(22)25-2/h13,15-18,20,23-24H,3-11H2,1-2H3,(H,19,21)/t13-,15-,16+,17-,18+/m1/s1. The molecule has 0 saturated carbocycles. The fourth-order valence-corrected chi connectivity index (χ4v) is 2.99. The molecule has 0 aromatic heterocycles. The van der Waals surface area contributed by atoms with Crippen LogP contribution in [-0.4, -0.2) is 78.2 Å². The van der Waals surface area contributed by atoms with E-state index in [-0.39, 0.29) is 11.9 Å². The van der Waals surface area contributed by atoms with Gasteiger partial charge < -0.3 is 34.8 Å². The summed E-state index contributed by atoms with van der Waals surface area (Å²) in [5.41, 5.74) is 0. The van der Waals surface area contributed by atoms with Gasteiger partial charge in [0, 0.05) is 20.0 Å². The van der Waals surface area contributed by atoms with Crippen molar-refractivity contribution in [1.82, 2.24) is 5.32 Å². The summed E-state index contributed by atoms with van der Waals surface area (Å²) < 4.78 is 15.7. The molecule has 1 heterocycles. The molecule has 1 saturated heterocycles. The van der Waals surface area contributed by atoms with E-state index in [4.69, 9.17) is 9.47 Å². The maximum absolute atomic E-state index is 11.3. The van der Waals surface area contributed by atoms with E-state index in [1.807, 2.05) is 0 Å². The zero-order chi connectivity index (χ0) is 20.2. The Hall–Kier alpha value is -1.26. The van der Waals surface area contributed by atoms with Crippen LogP contribution >= 0.6 is 0 Å². The highest BCUT2D eigenvalue weighted by Gasteiger charge is 2.45. The Morgan fingerprint density at radius 3 is 2.26 bits per heavy atom. The number of rotatable bonds is 12. The van der Waals surface area contributed by atoms with Crippen LogP contribution in [0, 0.1) is 0 Å². The molecule has 0 aromatic carbocycles. The Morgan fingerprint density at radius 1 is 1.04 bits per heavy atom. The summed E-state index contributed by atoms with van der Waals surface area (Å²) in [7, 11) is 1.39. The van der Waals surface area contributed by atoms with Gasteiger partial charge in [0.1, 0.15) is 24.4 Å². The maximum Gasteiger partial charge on any atom is 0.305 e. The zero-order valence-electron chi connectivity index (χ0n) is 16.1. The Bertz CT molecular complexity index is 447. The average Bonchev–Trinajstić information content (AvgIpc) is 2.65. The number of carbonyl (C=O) groups excluding carboxylic acids is 2. The van der Waals surface area contributed by atoms with Crippen LogP contribution in [0.1, 0.15) is 51.9 Å². The van der Waals surface area contributed by atoms with Crippen molar-refractivity contribution >= 4 is 11.9 Å². The van der Waals surface area contributed by atoms with Crippen LogP contribution < -0.4 is 5.32 Å². The number of nitrogens with one attached hydrogen (secondary N) is 1. The molecule has 1 fully saturated rings. The number of ether oxygens (including phenoxy) is 3. The van der Waals surface area contributed by atoms with Crippen molar-refractivity contribution in [2.24, 2.45) is 0 Å². The van der Waals surface area contributed by atoms with E-state index in [0.717, 1.165) is 38.5 Å². The number of unbranched alkanes of at least 4 members (excludes halogenated alkanes) is 5. The largest absolute Gasteiger partial charge is 0.469 e. The van der Waals surface area contributed by atoms with Gasteiger partial charge >= 0.3 is 5.97 Å². The smallest absolute Gasteiger partial charge is 0.305 e. The highest BCUT2D eigenvalue weighted by Crippen LogP contribution is 2.22. The van der Waals surface area contributed by atoms with Crippen LogP contribution in [0.2, 0.25) is 0 Å². The van der Waals surface area contributed by atoms with Gasteiger partial charge in [-0.05, 0) is 12.8 Å². The quantitative estimate of drug-likeness (QED) is 0.267. The summed E-state index contributed by atoms with van der Waals surface area (Å²) in [6, 6.07) is -0.904. The molecule has 5 atom stereocenters. The Kier molecular flexibility index (Phi) is 11.5. The number of methoxy groups -OCH3 is 1. The summed E-state index contributed by atoms with van der Waals surface area (Å²) >= 11 is 0. The van der Waals surface area contributed by atoms with Crippen molar-refractivity contribution < 1.29 is 39.1 Å². The number of aliphatic hydroxyl groups is 3. The molecule has 158 valence electrons. The lowest BCUT2D eigenvalue weighted by atomic mass is 9.97. The molecule has 0 radical (unpaired) electrons. The second-order valence-electron chi connectivity index (χ2n) is 6.75. The van der Waals surface area contributed by atoms with E-state index >= 15 is 0 Å². The molecule has 1 aliphatic heterocycles. The summed E-state index contributed by atoms with van der Waals surface area (Å²) in [6.07, 6.45) is 1.45. The molecule has 27 heavy (non-hydrogen) atoms. The Labute approximate surface area is 160 Å². The lowest BCUT2D eigenvalue weighted by molar-refractivity contribution is -0.270. The minimum absolute atomic E-state index is 0.182. The van der Waals surface area contributed by atoms with Gasteiger partial charge in [0.25, 0.3) is 0 Å². The molecule has 0 unspecified atom stereocenters. The summed E-state index contributed by atoms with van der Waals surface area (Å²) in [6.45, 7) is 1.20.